The molecule has 92 valence electrons. The summed E-state index contributed by atoms with van der Waals surface area (Å²) >= 11 is 0. The summed E-state index contributed by atoms with van der Waals surface area (Å²) < 4.78 is 0. The van der Waals surface area contributed by atoms with Crippen LogP contribution < -0.4 is 16.8 Å². The minimum absolute atomic E-state index is 0.210. The maximum absolute atomic E-state index is 11.3. The Morgan fingerprint density at radius 2 is 2.35 bits per heavy atom. The standard InChI is InChI=1S/C12H18N4O/c1-12(7-13,8-4-5-8)16-11-9(10(14)17)3-2-6-15-11/h2-3,6,8H,4-5,7,13H2,1H3,(H2,14,17)(H,15,16). The Balaban J connectivity index is 2.25. The highest BCUT2D eigenvalue weighted by atomic mass is 16.1. The monoisotopic (exact) mass is 234 g/mol. The molecule has 0 spiro atoms. The van der Waals surface area contributed by atoms with Crippen molar-refractivity contribution in [3.63, 3.8) is 0 Å². The number of amides is 1. The Bertz CT molecular complexity index is 430. The lowest BCUT2D eigenvalue weighted by molar-refractivity contribution is 0.100. The van der Waals surface area contributed by atoms with E-state index in [0.717, 1.165) is 0 Å². The number of carbonyl (C=O) groups is 1. The lowest BCUT2D eigenvalue weighted by Crippen LogP contribution is -2.45. The summed E-state index contributed by atoms with van der Waals surface area (Å²) in [7, 11) is 0. The van der Waals surface area contributed by atoms with Crippen LogP contribution in [0.15, 0.2) is 18.3 Å². The van der Waals surface area contributed by atoms with Crippen molar-refractivity contribution in [1.82, 2.24) is 4.98 Å². The molecule has 1 heterocycles. The van der Waals surface area contributed by atoms with Gasteiger partial charge in [-0.05, 0) is 37.8 Å². The van der Waals surface area contributed by atoms with E-state index in [4.69, 9.17) is 11.5 Å². The van der Waals surface area contributed by atoms with Gasteiger partial charge in [0.2, 0.25) is 0 Å². The number of rotatable bonds is 5. The number of anilines is 1. The van der Waals surface area contributed by atoms with Gasteiger partial charge in [0.15, 0.2) is 0 Å². The minimum Gasteiger partial charge on any atom is -0.365 e. The zero-order valence-corrected chi connectivity index (χ0v) is 9.94. The predicted molar refractivity (Wildman–Crippen MR) is 66.6 cm³/mol. The number of hydrogen-bond donors (Lipinski definition) is 3. The number of primary amides is 1. The topological polar surface area (TPSA) is 94.0 Å². The van der Waals surface area contributed by atoms with Crippen molar-refractivity contribution in [3.05, 3.63) is 23.9 Å². The van der Waals surface area contributed by atoms with Crippen LogP contribution in [0.25, 0.3) is 0 Å². The molecule has 1 aromatic heterocycles. The van der Waals surface area contributed by atoms with Crippen molar-refractivity contribution < 1.29 is 4.79 Å². The van der Waals surface area contributed by atoms with Crippen molar-refractivity contribution >= 4 is 11.7 Å². The first-order valence-electron chi connectivity index (χ1n) is 5.80. The zero-order chi connectivity index (χ0) is 12.5. The van der Waals surface area contributed by atoms with Crippen LogP contribution in [0.5, 0.6) is 0 Å². The van der Waals surface area contributed by atoms with E-state index in [9.17, 15) is 4.79 Å². The maximum Gasteiger partial charge on any atom is 0.252 e. The van der Waals surface area contributed by atoms with Crippen molar-refractivity contribution in [2.24, 2.45) is 17.4 Å². The molecule has 1 amide bonds. The largest absolute Gasteiger partial charge is 0.365 e. The molecule has 1 atom stereocenters. The fourth-order valence-electron chi connectivity index (χ4n) is 2.01. The molecular weight excluding hydrogens is 216 g/mol. The highest BCUT2D eigenvalue weighted by Gasteiger charge is 2.41. The number of carbonyl (C=O) groups excluding carboxylic acids is 1. The molecule has 5 N–H and O–H groups in total. The van der Waals surface area contributed by atoms with Gasteiger partial charge in [0.1, 0.15) is 5.82 Å². The van der Waals surface area contributed by atoms with E-state index < -0.39 is 5.91 Å². The fraction of sp³-hybridized carbons (Fsp3) is 0.500. The number of hydrogen-bond acceptors (Lipinski definition) is 4. The third-order valence-electron chi connectivity index (χ3n) is 3.38. The first-order chi connectivity index (χ1) is 8.07. The van der Waals surface area contributed by atoms with Gasteiger partial charge >= 0.3 is 0 Å². The summed E-state index contributed by atoms with van der Waals surface area (Å²) in [6.07, 6.45) is 3.97. The fourth-order valence-corrected chi connectivity index (χ4v) is 2.01. The third-order valence-corrected chi connectivity index (χ3v) is 3.38. The maximum atomic E-state index is 11.3. The molecule has 0 bridgehead atoms. The van der Waals surface area contributed by atoms with Crippen molar-refractivity contribution in [1.29, 1.82) is 0 Å². The Hall–Kier alpha value is -1.62. The van der Waals surface area contributed by atoms with E-state index in [1.807, 2.05) is 0 Å². The van der Waals surface area contributed by atoms with Crippen molar-refractivity contribution in [2.45, 2.75) is 25.3 Å². The number of aromatic nitrogens is 1. The van der Waals surface area contributed by atoms with Crippen LogP contribution in [0.2, 0.25) is 0 Å². The van der Waals surface area contributed by atoms with Crippen LogP contribution in [-0.4, -0.2) is 23.0 Å². The summed E-state index contributed by atoms with van der Waals surface area (Å²) in [6, 6.07) is 3.36. The molecule has 5 nitrogen and oxygen atoms in total. The molecule has 1 aliphatic carbocycles. The van der Waals surface area contributed by atoms with Gasteiger partial charge in [-0.2, -0.15) is 0 Å². The Kier molecular flexibility index (Phi) is 3.02. The molecular formula is C12H18N4O. The van der Waals surface area contributed by atoms with Gasteiger partial charge in [-0.15, -0.1) is 0 Å². The van der Waals surface area contributed by atoms with E-state index in [2.05, 4.69) is 17.2 Å². The number of nitrogens with zero attached hydrogens (tertiary/aromatic N) is 1. The predicted octanol–water partition coefficient (Wildman–Crippen LogP) is 0.720. The van der Waals surface area contributed by atoms with Crippen LogP contribution >= 0.6 is 0 Å². The second-order valence-corrected chi connectivity index (χ2v) is 4.78. The van der Waals surface area contributed by atoms with Crippen LogP contribution in [0, 0.1) is 5.92 Å². The summed E-state index contributed by atoms with van der Waals surface area (Å²) in [6.45, 7) is 2.57. The van der Waals surface area contributed by atoms with Gasteiger partial charge in [0.05, 0.1) is 11.1 Å². The Labute approximate surface area is 101 Å². The van der Waals surface area contributed by atoms with Gasteiger partial charge < -0.3 is 16.8 Å². The molecule has 1 aromatic rings. The molecule has 0 saturated heterocycles. The van der Waals surface area contributed by atoms with E-state index in [0.29, 0.717) is 23.8 Å². The summed E-state index contributed by atoms with van der Waals surface area (Å²) in [5.74, 6) is 0.603. The average Bonchev–Trinajstić information content (AvgIpc) is 3.13. The molecule has 1 fully saturated rings. The number of nitrogens with two attached hydrogens (primary N) is 2. The number of pyridine rings is 1. The second kappa shape index (κ2) is 4.33. The Morgan fingerprint density at radius 1 is 1.65 bits per heavy atom. The molecule has 0 radical (unpaired) electrons. The van der Waals surface area contributed by atoms with Gasteiger partial charge in [-0.25, -0.2) is 4.98 Å². The van der Waals surface area contributed by atoms with Crippen molar-refractivity contribution in [3.8, 4) is 0 Å². The lowest BCUT2D eigenvalue weighted by atomic mass is 9.95. The minimum atomic E-state index is -0.476. The van der Waals surface area contributed by atoms with Crippen LogP contribution in [-0.2, 0) is 0 Å². The smallest absolute Gasteiger partial charge is 0.252 e. The molecule has 0 aliphatic heterocycles. The second-order valence-electron chi connectivity index (χ2n) is 4.78. The average molecular weight is 234 g/mol. The number of nitrogens with one attached hydrogen (secondary N) is 1. The lowest BCUT2D eigenvalue weighted by Gasteiger charge is -2.30. The molecule has 1 unspecified atom stereocenters. The molecule has 2 rings (SSSR count). The summed E-state index contributed by atoms with van der Waals surface area (Å²) in [4.78, 5) is 15.5. The Morgan fingerprint density at radius 3 is 2.88 bits per heavy atom. The molecule has 0 aromatic carbocycles. The van der Waals surface area contributed by atoms with Crippen molar-refractivity contribution in [2.75, 3.05) is 11.9 Å². The van der Waals surface area contributed by atoms with Crippen LogP contribution in [0.3, 0.4) is 0 Å². The quantitative estimate of drug-likeness (QED) is 0.699. The first kappa shape index (κ1) is 11.9. The van der Waals surface area contributed by atoms with E-state index in [1.165, 1.54) is 12.8 Å². The molecule has 1 aliphatic rings. The van der Waals surface area contributed by atoms with Gasteiger partial charge in [-0.1, -0.05) is 0 Å². The van der Waals surface area contributed by atoms with Crippen LogP contribution in [0.4, 0.5) is 5.82 Å². The zero-order valence-electron chi connectivity index (χ0n) is 9.94. The molecule has 1 saturated carbocycles. The molecule has 17 heavy (non-hydrogen) atoms. The van der Waals surface area contributed by atoms with Gasteiger partial charge in [0.25, 0.3) is 5.91 Å². The van der Waals surface area contributed by atoms with Gasteiger partial charge in [-0.3, -0.25) is 4.79 Å². The normalized spacial score (nSPS) is 18.5. The van der Waals surface area contributed by atoms with Crippen LogP contribution in [0.1, 0.15) is 30.1 Å². The van der Waals surface area contributed by atoms with Gasteiger partial charge in [0, 0.05) is 12.7 Å². The highest BCUT2D eigenvalue weighted by molar-refractivity contribution is 5.97. The van der Waals surface area contributed by atoms with E-state index in [1.54, 1.807) is 18.3 Å². The SMILES string of the molecule is CC(CN)(Nc1ncccc1C(N)=O)C1CC1. The van der Waals surface area contributed by atoms with E-state index >= 15 is 0 Å². The summed E-state index contributed by atoms with van der Waals surface area (Å²) in [5.41, 5.74) is 11.3. The summed E-state index contributed by atoms with van der Waals surface area (Å²) in [5, 5.41) is 3.28. The molecule has 5 heteroatoms. The first-order valence-corrected chi connectivity index (χ1v) is 5.80. The highest BCUT2D eigenvalue weighted by Crippen LogP contribution is 2.40. The van der Waals surface area contributed by atoms with E-state index in [-0.39, 0.29) is 5.54 Å². The third kappa shape index (κ3) is 2.39.